The van der Waals surface area contributed by atoms with Crippen LogP contribution in [0.3, 0.4) is 0 Å². The van der Waals surface area contributed by atoms with Crippen LogP contribution in [-0.2, 0) is 0 Å². The summed E-state index contributed by atoms with van der Waals surface area (Å²) in [6.45, 7) is 0. The lowest BCUT2D eigenvalue weighted by molar-refractivity contribution is 0.481. The molecule has 4 aromatic carbocycles. The summed E-state index contributed by atoms with van der Waals surface area (Å²) < 4.78 is 6.31. The van der Waals surface area contributed by atoms with E-state index >= 15 is 0 Å². The molecule has 0 saturated heterocycles. The van der Waals surface area contributed by atoms with Crippen molar-refractivity contribution in [2.75, 3.05) is 0 Å². The minimum absolute atomic E-state index is 0.0632. The van der Waals surface area contributed by atoms with E-state index in [4.69, 9.17) is 9.72 Å². The second-order valence-corrected chi connectivity index (χ2v) is 9.75. The summed E-state index contributed by atoms with van der Waals surface area (Å²) in [5.41, 5.74) is 4.12. The van der Waals surface area contributed by atoms with Crippen LogP contribution in [0.2, 0.25) is 0 Å². The van der Waals surface area contributed by atoms with Gasteiger partial charge in [0.05, 0.1) is 29.7 Å². The van der Waals surface area contributed by atoms with Gasteiger partial charge < -0.3 is 4.74 Å². The first kappa shape index (κ1) is 23.7. The van der Waals surface area contributed by atoms with E-state index in [1.165, 1.54) is 15.4 Å². The second kappa shape index (κ2) is 11.2. The molecule has 6 heteroatoms. The highest BCUT2D eigenvalue weighted by Crippen LogP contribution is 2.40. The molecule has 0 spiro atoms. The average molecular weight is 513 g/mol. The fourth-order valence-electron chi connectivity index (χ4n) is 4.40. The summed E-state index contributed by atoms with van der Waals surface area (Å²) in [5.74, 6) is 1.40. The molecule has 0 aliphatic carbocycles. The Kier molecular flexibility index (Phi) is 6.96. The quantitative estimate of drug-likeness (QED) is 0.208. The number of pyridine rings is 1. The van der Waals surface area contributed by atoms with Gasteiger partial charge in [-0.1, -0.05) is 72.4 Å². The maximum atomic E-state index is 6.31. The van der Waals surface area contributed by atoms with Crippen molar-refractivity contribution >= 4 is 11.8 Å². The topological polar surface area (TPSA) is 52.8 Å². The zero-order valence-electron chi connectivity index (χ0n) is 20.5. The standard InChI is InChI=1S/C32H24N4OS/c1-2-14-28(15-3-1)38-31-18-5-4-16-29(31)32(30-17-6-7-19-33-30)24-10-8-12-26(22-24)37-27-13-9-11-25(23-27)36-34-20-21-35-36/h1-23,32H/t32-/m0/s1. The summed E-state index contributed by atoms with van der Waals surface area (Å²) in [7, 11) is 0. The van der Waals surface area contributed by atoms with Crippen molar-refractivity contribution in [1.82, 2.24) is 20.0 Å². The number of nitrogens with zero attached hydrogens (tertiary/aromatic N) is 4. The zero-order valence-corrected chi connectivity index (χ0v) is 21.3. The maximum absolute atomic E-state index is 6.31. The molecule has 0 N–H and O–H groups in total. The lowest BCUT2D eigenvalue weighted by Gasteiger charge is -2.21. The lowest BCUT2D eigenvalue weighted by atomic mass is 9.88. The van der Waals surface area contributed by atoms with E-state index in [2.05, 4.69) is 76.9 Å². The van der Waals surface area contributed by atoms with Crippen LogP contribution in [0.4, 0.5) is 0 Å². The van der Waals surface area contributed by atoms with E-state index in [0.717, 1.165) is 22.7 Å². The van der Waals surface area contributed by atoms with Gasteiger partial charge in [0.2, 0.25) is 0 Å². The molecule has 0 aliphatic heterocycles. The van der Waals surface area contributed by atoms with E-state index in [9.17, 15) is 0 Å². The Labute approximate surface area is 225 Å². The number of hydrogen-bond donors (Lipinski definition) is 0. The fraction of sp³-hybridized carbons (Fsp3) is 0.0312. The Morgan fingerprint density at radius 2 is 1.37 bits per heavy atom. The number of rotatable bonds is 8. The van der Waals surface area contributed by atoms with Gasteiger partial charge in [0, 0.05) is 22.1 Å². The predicted octanol–water partition coefficient (Wildman–Crippen LogP) is 7.79. The van der Waals surface area contributed by atoms with Crippen LogP contribution in [-0.4, -0.2) is 20.0 Å². The van der Waals surface area contributed by atoms with Crippen LogP contribution >= 0.6 is 11.8 Å². The van der Waals surface area contributed by atoms with Crippen LogP contribution < -0.4 is 4.74 Å². The van der Waals surface area contributed by atoms with Crippen molar-refractivity contribution in [3.8, 4) is 17.2 Å². The number of ether oxygens (including phenoxy) is 1. The number of aromatic nitrogens is 4. The highest BCUT2D eigenvalue weighted by molar-refractivity contribution is 7.99. The van der Waals surface area contributed by atoms with Gasteiger partial charge in [0.15, 0.2) is 0 Å². The second-order valence-electron chi connectivity index (χ2n) is 8.63. The van der Waals surface area contributed by atoms with Gasteiger partial charge in [-0.3, -0.25) is 4.98 Å². The molecule has 0 bridgehead atoms. The Hall–Kier alpha value is -4.68. The normalized spacial score (nSPS) is 11.7. The SMILES string of the molecule is c1ccc(Sc2ccccc2[C@H](c2cccc(Oc3cccc(-n4nccn4)c3)c2)c2ccccn2)cc1. The summed E-state index contributed by atoms with van der Waals surface area (Å²) in [4.78, 5) is 8.73. The molecule has 0 amide bonds. The van der Waals surface area contributed by atoms with E-state index in [1.54, 1.807) is 29.0 Å². The first-order chi connectivity index (χ1) is 18.8. The Morgan fingerprint density at radius 3 is 2.18 bits per heavy atom. The Balaban J connectivity index is 1.37. The number of benzene rings is 4. The van der Waals surface area contributed by atoms with Crippen molar-refractivity contribution in [1.29, 1.82) is 0 Å². The van der Waals surface area contributed by atoms with Gasteiger partial charge in [-0.25, -0.2) is 0 Å². The average Bonchev–Trinajstić information content (AvgIpc) is 3.51. The van der Waals surface area contributed by atoms with E-state index in [1.807, 2.05) is 60.8 Å². The summed E-state index contributed by atoms with van der Waals surface area (Å²) >= 11 is 1.77. The smallest absolute Gasteiger partial charge is 0.129 e. The maximum Gasteiger partial charge on any atom is 0.129 e. The third kappa shape index (κ3) is 5.36. The number of hydrogen-bond acceptors (Lipinski definition) is 5. The monoisotopic (exact) mass is 512 g/mol. The molecule has 38 heavy (non-hydrogen) atoms. The van der Waals surface area contributed by atoms with Crippen molar-refractivity contribution in [2.24, 2.45) is 0 Å². The molecule has 0 aliphatic rings. The van der Waals surface area contributed by atoms with Gasteiger partial charge in [-0.05, 0) is 65.7 Å². The molecular weight excluding hydrogens is 488 g/mol. The lowest BCUT2D eigenvalue weighted by Crippen LogP contribution is -2.07. The first-order valence-corrected chi connectivity index (χ1v) is 13.1. The van der Waals surface area contributed by atoms with Crippen LogP contribution in [0.5, 0.6) is 11.5 Å². The third-order valence-electron chi connectivity index (χ3n) is 6.08. The molecule has 6 rings (SSSR count). The largest absolute Gasteiger partial charge is 0.457 e. The van der Waals surface area contributed by atoms with Crippen molar-refractivity contribution in [3.63, 3.8) is 0 Å². The molecule has 1 atom stereocenters. The highest BCUT2D eigenvalue weighted by Gasteiger charge is 2.22. The minimum Gasteiger partial charge on any atom is -0.457 e. The summed E-state index contributed by atoms with van der Waals surface area (Å²) in [5, 5.41) is 8.44. The molecule has 2 heterocycles. The van der Waals surface area contributed by atoms with Crippen LogP contribution in [0.15, 0.2) is 150 Å². The van der Waals surface area contributed by atoms with Gasteiger partial charge >= 0.3 is 0 Å². The van der Waals surface area contributed by atoms with Crippen LogP contribution in [0.25, 0.3) is 5.69 Å². The van der Waals surface area contributed by atoms with Gasteiger partial charge in [-0.15, -0.1) is 0 Å². The molecule has 6 aromatic rings. The highest BCUT2D eigenvalue weighted by atomic mass is 32.2. The molecule has 0 saturated carbocycles. The molecular formula is C32H24N4OS. The third-order valence-corrected chi connectivity index (χ3v) is 7.18. The summed E-state index contributed by atoms with van der Waals surface area (Å²) in [6.07, 6.45) is 5.16. The fourth-order valence-corrected chi connectivity index (χ4v) is 5.40. The van der Waals surface area contributed by atoms with E-state index < -0.39 is 0 Å². The van der Waals surface area contributed by atoms with Crippen molar-refractivity contribution in [3.05, 3.63) is 157 Å². The summed E-state index contributed by atoms with van der Waals surface area (Å²) in [6, 6.07) is 41.1. The van der Waals surface area contributed by atoms with Crippen molar-refractivity contribution < 1.29 is 4.74 Å². The molecule has 0 radical (unpaired) electrons. The van der Waals surface area contributed by atoms with E-state index in [-0.39, 0.29) is 5.92 Å². The molecule has 2 aromatic heterocycles. The van der Waals surface area contributed by atoms with Gasteiger partial charge in [-0.2, -0.15) is 15.0 Å². The predicted molar refractivity (Wildman–Crippen MR) is 150 cm³/mol. The molecule has 184 valence electrons. The Bertz CT molecular complexity index is 1620. The minimum atomic E-state index is -0.0632. The van der Waals surface area contributed by atoms with E-state index in [0.29, 0.717) is 5.75 Å². The van der Waals surface area contributed by atoms with Crippen molar-refractivity contribution in [2.45, 2.75) is 15.7 Å². The van der Waals surface area contributed by atoms with Gasteiger partial charge in [0.25, 0.3) is 0 Å². The molecule has 5 nitrogen and oxygen atoms in total. The molecule has 0 fully saturated rings. The molecule has 0 unspecified atom stereocenters. The van der Waals surface area contributed by atoms with Crippen LogP contribution in [0, 0.1) is 0 Å². The zero-order chi connectivity index (χ0) is 25.6. The van der Waals surface area contributed by atoms with Crippen LogP contribution in [0.1, 0.15) is 22.7 Å². The van der Waals surface area contributed by atoms with Gasteiger partial charge in [0.1, 0.15) is 11.5 Å². The first-order valence-electron chi connectivity index (χ1n) is 12.3. The Morgan fingerprint density at radius 1 is 0.632 bits per heavy atom.